The fourth-order valence-corrected chi connectivity index (χ4v) is 2.81. The van der Waals surface area contributed by atoms with Gasteiger partial charge in [-0.05, 0) is 25.2 Å². The molecular weight excluding hydrogens is 280 g/mol. The number of aliphatic carboxylic acids is 1. The summed E-state index contributed by atoms with van der Waals surface area (Å²) in [5.74, 6) is -1.64. The molecule has 1 aliphatic rings. The number of unbranched alkanes of at least 4 members (excludes halogenated alkanes) is 4. The van der Waals surface area contributed by atoms with Crippen LogP contribution in [-0.2, 0) is 14.3 Å². The molecule has 0 saturated carbocycles. The third-order valence-electron chi connectivity index (χ3n) is 4.22. The monoisotopic (exact) mass is 310 g/mol. The molecule has 4 heteroatoms. The predicted octanol–water partition coefficient (Wildman–Crippen LogP) is 4.19. The van der Waals surface area contributed by atoms with Crippen LogP contribution in [0.2, 0.25) is 0 Å². The first-order valence-corrected chi connectivity index (χ1v) is 8.56. The maximum atomic E-state index is 12.0. The number of ether oxygens (including phenoxy) is 1. The van der Waals surface area contributed by atoms with Crippen molar-refractivity contribution >= 4 is 11.9 Å². The van der Waals surface area contributed by atoms with Crippen LogP contribution >= 0.6 is 0 Å². The fraction of sp³-hybridized carbons (Fsp3) is 0.778. The highest BCUT2D eigenvalue weighted by Gasteiger charge is 2.34. The fourth-order valence-electron chi connectivity index (χ4n) is 2.81. The van der Waals surface area contributed by atoms with Gasteiger partial charge in [-0.15, -0.1) is 0 Å². The average molecular weight is 310 g/mol. The normalized spacial score (nSPS) is 21.0. The maximum Gasteiger partial charge on any atom is 0.310 e. The van der Waals surface area contributed by atoms with E-state index in [1.165, 1.54) is 25.7 Å². The number of carboxylic acid groups (broad SMARTS) is 1. The van der Waals surface area contributed by atoms with Gasteiger partial charge in [0.2, 0.25) is 0 Å². The molecule has 0 aliphatic heterocycles. The Labute approximate surface area is 133 Å². The molecule has 0 spiro atoms. The van der Waals surface area contributed by atoms with Gasteiger partial charge >= 0.3 is 11.9 Å². The van der Waals surface area contributed by atoms with Crippen LogP contribution in [0, 0.1) is 17.8 Å². The Hall–Kier alpha value is -1.32. The molecule has 2 unspecified atom stereocenters. The van der Waals surface area contributed by atoms with Gasteiger partial charge in [-0.2, -0.15) is 0 Å². The van der Waals surface area contributed by atoms with Crippen LogP contribution in [0.5, 0.6) is 0 Å². The number of allylic oxidation sites excluding steroid dienone is 2. The molecule has 22 heavy (non-hydrogen) atoms. The minimum absolute atomic E-state index is 0.350. The highest BCUT2D eigenvalue weighted by Crippen LogP contribution is 2.27. The maximum absolute atomic E-state index is 12.0. The highest BCUT2D eigenvalue weighted by atomic mass is 16.5. The molecule has 126 valence electrons. The molecule has 0 saturated heterocycles. The number of carboxylic acids is 1. The Kier molecular flexibility index (Phi) is 8.86. The Morgan fingerprint density at radius 2 is 1.64 bits per heavy atom. The minimum atomic E-state index is -0.906. The summed E-state index contributed by atoms with van der Waals surface area (Å²) in [5.41, 5.74) is 0. The molecule has 0 bridgehead atoms. The van der Waals surface area contributed by atoms with Gasteiger partial charge in [0, 0.05) is 0 Å². The molecule has 0 aromatic heterocycles. The summed E-state index contributed by atoms with van der Waals surface area (Å²) in [5, 5.41) is 9.15. The second-order valence-electron chi connectivity index (χ2n) is 6.61. The molecule has 0 fully saturated rings. The molecule has 1 N–H and O–H groups in total. The molecule has 1 rings (SSSR count). The summed E-state index contributed by atoms with van der Waals surface area (Å²) >= 11 is 0. The van der Waals surface area contributed by atoms with Gasteiger partial charge in [-0.25, -0.2) is 0 Å². The van der Waals surface area contributed by atoms with E-state index in [0.29, 0.717) is 19.4 Å². The SMILES string of the molecule is CC(C)CCCCCCCOC(=O)C1CC=CCC1C(=O)O. The van der Waals surface area contributed by atoms with Gasteiger partial charge in [0.15, 0.2) is 0 Å². The van der Waals surface area contributed by atoms with E-state index in [9.17, 15) is 9.59 Å². The third kappa shape index (κ3) is 7.10. The van der Waals surface area contributed by atoms with Crippen LogP contribution < -0.4 is 0 Å². The largest absolute Gasteiger partial charge is 0.481 e. The lowest BCUT2D eigenvalue weighted by atomic mass is 9.83. The molecule has 0 amide bonds. The number of esters is 1. The number of hydrogen-bond donors (Lipinski definition) is 1. The smallest absolute Gasteiger partial charge is 0.310 e. The van der Waals surface area contributed by atoms with Crippen molar-refractivity contribution in [1.82, 2.24) is 0 Å². The lowest BCUT2D eigenvalue weighted by Gasteiger charge is -2.23. The molecule has 4 nitrogen and oxygen atoms in total. The van der Waals surface area contributed by atoms with E-state index in [-0.39, 0.29) is 5.97 Å². The first-order chi connectivity index (χ1) is 10.5. The average Bonchev–Trinajstić information content (AvgIpc) is 2.49. The number of hydrogen-bond acceptors (Lipinski definition) is 3. The second kappa shape index (κ2) is 10.4. The van der Waals surface area contributed by atoms with E-state index in [2.05, 4.69) is 13.8 Å². The summed E-state index contributed by atoms with van der Waals surface area (Å²) in [6.07, 6.45) is 11.5. The summed E-state index contributed by atoms with van der Waals surface area (Å²) in [7, 11) is 0. The van der Waals surface area contributed by atoms with E-state index in [1.807, 2.05) is 12.2 Å². The molecule has 0 aromatic rings. The van der Waals surface area contributed by atoms with Gasteiger partial charge in [0.25, 0.3) is 0 Å². The molecule has 0 heterocycles. The van der Waals surface area contributed by atoms with Crippen LogP contribution in [0.15, 0.2) is 12.2 Å². The minimum Gasteiger partial charge on any atom is -0.481 e. The third-order valence-corrected chi connectivity index (χ3v) is 4.22. The van der Waals surface area contributed by atoms with Gasteiger partial charge in [0.05, 0.1) is 18.4 Å². The van der Waals surface area contributed by atoms with Gasteiger partial charge < -0.3 is 9.84 Å². The standard InChI is InChI=1S/C18H30O4/c1-14(2)10-6-4-3-5-9-13-22-18(21)16-12-8-7-11-15(16)17(19)20/h7-8,14-16H,3-6,9-13H2,1-2H3,(H,19,20). The zero-order chi connectivity index (χ0) is 16.4. The Balaban J connectivity index is 2.12. The predicted molar refractivity (Wildman–Crippen MR) is 86.5 cm³/mol. The molecule has 0 aromatic carbocycles. The van der Waals surface area contributed by atoms with Gasteiger partial charge in [-0.3, -0.25) is 9.59 Å². The molecular formula is C18H30O4. The number of carbonyl (C=O) groups is 2. The zero-order valence-corrected chi connectivity index (χ0v) is 13.9. The number of carbonyl (C=O) groups excluding carboxylic acids is 1. The van der Waals surface area contributed by atoms with E-state index in [0.717, 1.165) is 18.8 Å². The van der Waals surface area contributed by atoms with Crippen molar-refractivity contribution in [2.45, 2.75) is 65.2 Å². The van der Waals surface area contributed by atoms with Crippen molar-refractivity contribution < 1.29 is 19.4 Å². The molecule has 0 radical (unpaired) electrons. The van der Waals surface area contributed by atoms with Crippen LogP contribution in [0.4, 0.5) is 0 Å². The van der Waals surface area contributed by atoms with Crippen LogP contribution in [0.25, 0.3) is 0 Å². The quantitative estimate of drug-likeness (QED) is 0.373. The van der Waals surface area contributed by atoms with Crippen molar-refractivity contribution in [3.05, 3.63) is 12.2 Å². The Morgan fingerprint density at radius 1 is 1.05 bits per heavy atom. The first-order valence-electron chi connectivity index (χ1n) is 8.56. The van der Waals surface area contributed by atoms with Crippen molar-refractivity contribution in [2.24, 2.45) is 17.8 Å². The van der Waals surface area contributed by atoms with E-state index >= 15 is 0 Å². The summed E-state index contributed by atoms with van der Waals surface area (Å²) in [6, 6.07) is 0. The van der Waals surface area contributed by atoms with Crippen molar-refractivity contribution in [1.29, 1.82) is 0 Å². The number of rotatable bonds is 10. The van der Waals surface area contributed by atoms with Crippen LogP contribution in [0.3, 0.4) is 0 Å². The lowest BCUT2D eigenvalue weighted by Crippen LogP contribution is -2.32. The second-order valence-corrected chi connectivity index (χ2v) is 6.61. The van der Waals surface area contributed by atoms with Crippen molar-refractivity contribution in [3.63, 3.8) is 0 Å². The van der Waals surface area contributed by atoms with E-state index in [4.69, 9.17) is 9.84 Å². The van der Waals surface area contributed by atoms with Crippen molar-refractivity contribution in [3.8, 4) is 0 Å². The summed E-state index contributed by atoms with van der Waals surface area (Å²) in [6.45, 7) is 4.89. The van der Waals surface area contributed by atoms with Crippen molar-refractivity contribution in [2.75, 3.05) is 6.61 Å². The molecule has 2 atom stereocenters. The van der Waals surface area contributed by atoms with Gasteiger partial charge in [0.1, 0.15) is 0 Å². The van der Waals surface area contributed by atoms with Gasteiger partial charge in [-0.1, -0.05) is 58.1 Å². The first kappa shape index (κ1) is 18.7. The summed E-state index contributed by atoms with van der Waals surface area (Å²) < 4.78 is 5.27. The van der Waals surface area contributed by atoms with E-state index < -0.39 is 17.8 Å². The topological polar surface area (TPSA) is 63.6 Å². The van der Waals surface area contributed by atoms with Crippen LogP contribution in [0.1, 0.15) is 65.2 Å². The summed E-state index contributed by atoms with van der Waals surface area (Å²) in [4.78, 5) is 23.2. The molecule has 1 aliphatic carbocycles. The van der Waals surface area contributed by atoms with E-state index in [1.54, 1.807) is 0 Å². The zero-order valence-electron chi connectivity index (χ0n) is 13.9. The van der Waals surface area contributed by atoms with Crippen LogP contribution in [-0.4, -0.2) is 23.7 Å². The highest BCUT2D eigenvalue weighted by molar-refractivity contribution is 5.81. The Morgan fingerprint density at radius 3 is 2.27 bits per heavy atom. The Bertz CT molecular complexity index is 373. The lowest BCUT2D eigenvalue weighted by molar-refractivity contribution is -0.158.